The summed E-state index contributed by atoms with van der Waals surface area (Å²) in [6.07, 6.45) is 1.75. The minimum absolute atomic E-state index is 0.00833. The summed E-state index contributed by atoms with van der Waals surface area (Å²) in [7, 11) is 0. The Hall–Kier alpha value is -1.26. The molecule has 4 heteroatoms. The molecule has 0 heterocycles. The van der Waals surface area contributed by atoms with Crippen molar-refractivity contribution in [3.63, 3.8) is 0 Å². The first-order valence-electron chi connectivity index (χ1n) is 6.72. The van der Waals surface area contributed by atoms with Gasteiger partial charge in [-0.25, -0.2) is 0 Å². The van der Waals surface area contributed by atoms with E-state index in [1.54, 1.807) is 12.1 Å². The third-order valence-corrected chi connectivity index (χ3v) is 3.38. The van der Waals surface area contributed by atoms with Gasteiger partial charge < -0.3 is 20.6 Å². The van der Waals surface area contributed by atoms with Crippen LogP contribution in [0.3, 0.4) is 0 Å². The van der Waals surface area contributed by atoms with Crippen LogP contribution < -0.4 is 5.32 Å². The van der Waals surface area contributed by atoms with E-state index in [0.717, 1.165) is 24.9 Å². The molecule has 0 aliphatic rings. The largest absolute Gasteiger partial charge is 0.508 e. The topological polar surface area (TPSA) is 72.7 Å². The summed E-state index contributed by atoms with van der Waals surface area (Å²) in [6.45, 7) is 7.30. The third-order valence-electron chi connectivity index (χ3n) is 3.38. The van der Waals surface area contributed by atoms with E-state index < -0.39 is 0 Å². The molecule has 0 fully saturated rings. The lowest BCUT2D eigenvalue weighted by molar-refractivity contribution is 0.232. The van der Waals surface area contributed by atoms with Gasteiger partial charge in [-0.05, 0) is 31.2 Å². The average Bonchev–Trinajstić information content (AvgIpc) is 2.34. The van der Waals surface area contributed by atoms with Crippen molar-refractivity contribution in [3.05, 3.63) is 23.8 Å². The summed E-state index contributed by atoms with van der Waals surface area (Å²) in [5.74, 6) is 0.171. The van der Waals surface area contributed by atoms with Crippen LogP contribution in [0.5, 0.6) is 11.5 Å². The number of nitrogens with one attached hydrogen (secondary N) is 1. The molecule has 19 heavy (non-hydrogen) atoms. The highest BCUT2D eigenvalue weighted by atomic mass is 16.3. The normalized spacial score (nSPS) is 13.5. The maximum absolute atomic E-state index is 9.80. The van der Waals surface area contributed by atoms with Crippen LogP contribution in [0.15, 0.2) is 18.2 Å². The Labute approximate surface area is 115 Å². The number of rotatable bonds is 7. The van der Waals surface area contributed by atoms with Crippen LogP contribution in [-0.2, 0) is 0 Å². The van der Waals surface area contributed by atoms with Crippen LogP contribution in [0, 0.1) is 5.41 Å². The molecule has 4 nitrogen and oxygen atoms in total. The Morgan fingerprint density at radius 1 is 1.26 bits per heavy atom. The minimum Gasteiger partial charge on any atom is -0.508 e. The second kappa shape index (κ2) is 6.78. The highest BCUT2D eigenvalue weighted by Crippen LogP contribution is 2.29. The van der Waals surface area contributed by atoms with Gasteiger partial charge in [0.1, 0.15) is 11.5 Å². The molecular formula is C15H25NO3. The second-order valence-corrected chi connectivity index (χ2v) is 5.84. The molecule has 0 saturated carbocycles. The van der Waals surface area contributed by atoms with Crippen molar-refractivity contribution in [2.24, 2.45) is 5.41 Å². The lowest BCUT2D eigenvalue weighted by Crippen LogP contribution is -2.31. The van der Waals surface area contributed by atoms with Crippen molar-refractivity contribution in [2.75, 3.05) is 13.2 Å². The van der Waals surface area contributed by atoms with Gasteiger partial charge in [0.2, 0.25) is 0 Å². The molecule has 108 valence electrons. The molecule has 1 unspecified atom stereocenters. The Morgan fingerprint density at radius 3 is 2.53 bits per heavy atom. The number of aromatic hydroxyl groups is 2. The van der Waals surface area contributed by atoms with Crippen molar-refractivity contribution in [2.45, 2.75) is 39.7 Å². The van der Waals surface area contributed by atoms with Crippen LogP contribution in [0.2, 0.25) is 0 Å². The number of hydrogen-bond donors (Lipinski definition) is 4. The zero-order chi connectivity index (χ0) is 14.5. The Morgan fingerprint density at radius 2 is 1.95 bits per heavy atom. The fourth-order valence-corrected chi connectivity index (χ4v) is 2.08. The standard InChI is InChI=1S/C15H25NO3/c1-11(13-6-5-12(18)9-14(13)19)16-10-15(2,3)7-4-8-17/h5-6,9,11,16-19H,4,7-8,10H2,1-3H3. The first-order valence-corrected chi connectivity index (χ1v) is 6.72. The SMILES string of the molecule is CC(NCC(C)(C)CCCO)c1ccc(O)cc1O. The highest BCUT2D eigenvalue weighted by molar-refractivity contribution is 5.40. The van der Waals surface area contributed by atoms with Crippen LogP contribution in [0.25, 0.3) is 0 Å². The van der Waals surface area contributed by atoms with Gasteiger partial charge in [-0.15, -0.1) is 0 Å². The first-order chi connectivity index (χ1) is 8.85. The molecule has 1 atom stereocenters. The average molecular weight is 267 g/mol. The highest BCUT2D eigenvalue weighted by Gasteiger charge is 2.19. The maximum Gasteiger partial charge on any atom is 0.124 e. The molecule has 1 aromatic rings. The number of hydrogen-bond acceptors (Lipinski definition) is 4. The Balaban J connectivity index is 2.57. The molecule has 0 bridgehead atoms. The molecule has 4 N–H and O–H groups in total. The first kappa shape index (κ1) is 15.8. The van der Waals surface area contributed by atoms with E-state index in [1.807, 2.05) is 6.92 Å². The summed E-state index contributed by atoms with van der Waals surface area (Å²) < 4.78 is 0. The zero-order valence-corrected chi connectivity index (χ0v) is 12.0. The molecule has 1 rings (SSSR count). The fourth-order valence-electron chi connectivity index (χ4n) is 2.08. The van der Waals surface area contributed by atoms with Crippen LogP contribution in [-0.4, -0.2) is 28.5 Å². The predicted octanol–water partition coefficient (Wildman–Crippen LogP) is 2.55. The van der Waals surface area contributed by atoms with Gasteiger partial charge in [0.15, 0.2) is 0 Å². The quantitative estimate of drug-likeness (QED) is 0.612. The van der Waals surface area contributed by atoms with E-state index in [9.17, 15) is 10.2 Å². The van der Waals surface area contributed by atoms with Gasteiger partial charge in [0, 0.05) is 30.8 Å². The van der Waals surface area contributed by atoms with Crippen molar-refractivity contribution in [3.8, 4) is 11.5 Å². The molecule has 1 aromatic carbocycles. The Bertz CT molecular complexity index is 404. The second-order valence-electron chi connectivity index (χ2n) is 5.84. The van der Waals surface area contributed by atoms with E-state index in [0.29, 0.717) is 0 Å². The van der Waals surface area contributed by atoms with Crippen LogP contribution in [0.1, 0.15) is 45.2 Å². The summed E-state index contributed by atoms with van der Waals surface area (Å²) in [4.78, 5) is 0. The van der Waals surface area contributed by atoms with E-state index in [2.05, 4.69) is 19.2 Å². The number of phenolic OH excluding ortho intramolecular Hbond substituents is 2. The number of aliphatic hydroxyl groups is 1. The smallest absolute Gasteiger partial charge is 0.124 e. The summed E-state index contributed by atoms with van der Waals surface area (Å²) in [5.41, 5.74) is 0.875. The van der Waals surface area contributed by atoms with Crippen molar-refractivity contribution >= 4 is 0 Å². The Kier molecular flexibility index (Phi) is 5.63. The summed E-state index contributed by atoms with van der Waals surface area (Å²) in [6, 6.07) is 4.66. The molecule has 0 spiro atoms. The maximum atomic E-state index is 9.80. The lowest BCUT2D eigenvalue weighted by Gasteiger charge is -2.27. The third kappa shape index (κ3) is 5.09. The van der Waals surface area contributed by atoms with Gasteiger partial charge in [0.25, 0.3) is 0 Å². The van der Waals surface area contributed by atoms with Crippen molar-refractivity contribution in [1.82, 2.24) is 5.32 Å². The number of phenols is 2. The molecule has 0 aliphatic heterocycles. The minimum atomic E-state index is 0.00833. The van der Waals surface area contributed by atoms with Crippen LogP contribution in [0.4, 0.5) is 0 Å². The zero-order valence-electron chi connectivity index (χ0n) is 12.0. The molecule has 0 saturated heterocycles. The molecule has 0 radical (unpaired) electrons. The van der Waals surface area contributed by atoms with Crippen molar-refractivity contribution in [1.29, 1.82) is 0 Å². The lowest BCUT2D eigenvalue weighted by atomic mass is 9.87. The van der Waals surface area contributed by atoms with E-state index in [1.165, 1.54) is 6.07 Å². The van der Waals surface area contributed by atoms with E-state index >= 15 is 0 Å². The van der Waals surface area contributed by atoms with E-state index in [4.69, 9.17) is 5.11 Å². The van der Waals surface area contributed by atoms with Gasteiger partial charge in [-0.2, -0.15) is 0 Å². The molecular weight excluding hydrogens is 242 g/mol. The fraction of sp³-hybridized carbons (Fsp3) is 0.600. The van der Waals surface area contributed by atoms with Crippen LogP contribution >= 0.6 is 0 Å². The number of benzene rings is 1. The van der Waals surface area contributed by atoms with Gasteiger partial charge >= 0.3 is 0 Å². The van der Waals surface area contributed by atoms with Gasteiger partial charge in [-0.1, -0.05) is 19.9 Å². The monoisotopic (exact) mass is 267 g/mol. The number of aliphatic hydroxyl groups excluding tert-OH is 1. The predicted molar refractivity (Wildman–Crippen MR) is 76.3 cm³/mol. The molecule has 0 amide bonds. The molecule has 0 aliphatic carbocycles. The molecule has 0 aromatic heterocycles. The van der Waals surface area contributed by atoms with Gasteiger partial charge in [0.05, 0.1) is 0 Å². The van der Waals surface area contributed by atoms with E-state index in [-0.39, 0.29) is 29.6 Å². The summed E-state index contributed by atoms with van der Waals surface area (Å²) >= 11 is 0. The van der Waals surface area contributed by atoms with Gasteiger partial charge in [-0.3, -0.25) is 0 Å². The summed E-state index contributed by atoms with van der Waals surface area (Å²) in [5, 5.41) is 31.3. The van der Waals surface area contributed by atoms with Crippen molar-refractivity contribution < 1.29 is 15.3 Å².